The maximum atomic E-state index is 13.4. The van der Waals surface area contributed by atoms with Crippen LogP contribution < -0.4 is 5.32 Å². The van der Waals surface area contributed by atoms with Gasteiger partial charge < -0.3 is 20.0 Å². The molecule has 3 amide bonds. The third-order valence-corrected chi connectivity index (χ3v) is 5.99. The number of nitrogens with one attached hydrogen (secondary N) is 1. The first-order valence-corrected chi connectivity index (χ1v) is 11.4. The zero-order valence-corrected chi connectivity index (χ0v) is 19.8. The standard InChI is InChI=1S/C26H36N4O2/c1-20-7-5-9-22(17-20)19-30(16-15-28(3)4)25(31)23-11-13-29(14-12-23)26(32)27-24-10-6-8-21(2)18-24/h5-10,17-18,23H,11-16,19H2,1-4H3,(H,27,32). The van der Waals surface area contributed by atoms with E-state index in [0.29, 0.717) is 39.0 Å². The van der Waals surface area contributed by atoms with E-state index in [1.807, 2.05) is 61.2 Å². The Balaban J connectivity index is 1.58. The molecule has 2 aromatic rings. The minimum Gasteiger partial charge on any atom is -0.337 e. The summed E-state index contributed by atoms with van der Waals surface area (Å²) in [6, 6.07) is 16.1. The van der Waals surface area contributed by atoms with Gasteiger partial charge in [0.2, 0.25) is 5.91 Å². The van der Waals surface area contributed by atoms with Crippen LogP contribution in [0.2, 0.25) is 0 Å². The maximum Gasteiger partial charge on any atom is 0.321 e. The van der Waals surface area contributed by atoms with Gasteiger partial charge in [0.05, 0.1) is 0 Å². The van der Waals surface area contributed by atoms with E-state index in [4.69, 9.17) is 0 Å². The lowest BCUT2D eigenvalue weighted by molar-refractivity contribution is -0.137. The molecule has 1 fully saturated rings. The summed E-state index contributed by atoms with van der Waals surface area (Å²) >= 11 is 0. The molecule has 2 aromatic carbocycles. The second kappa shape index (κ2) is 11.1. The number of hydrogen-bond acceptors (Lipinski definition) is 3. The molecule has 1 saturated heterocycles. The Morgan fingerprint density at radius 2 is 1.62 bits per heavy atom. The normalized spacial score (nSPS) is 14.5. The first-order valence-electron chi connectivity index (χ1n) is 11.4. The SMILES string of the molecule is Cc1cccc(CN(CCN(C)C)C(=O)C2CCN(C(=O)Nc3cccc(C)c3)CC2)c1. The number of likely N-dealkylation sites (N-methyl/N-ethyl adjacent to an activating group) is 1. The van der Waals surface area contributed by atoms with Crippen molar-refractivity contribution in [3.05, 3.63) is 65.2 Å². The number of amides is 3. The average molecular weight is 437 g/mol. The zero-order chi connectivity index (χ0) is 23.1. The minimum atomic E-state index is -0.0919. The van der Waals surface area contributed by atoms with Crippen LogP contribution in [-0.4, -0.2) is 66.9 Å². The predicted octanol–water partition coefficient (Wildman–Crippen LogP) is 4.14. The molecule has 0 saturated carbocycles. The summed E-state index contributed by atoms with van der Waals surface area (Å²) in [5.41, 5.74) is 4.28. The van der Waals surface area contributed by atoms with Crippen molar-refractivity contribution in [1.82, 2.24) is 14.7 Å². The van der Waals surface area contributed by atoms with Crippen LogP contribution in [0.4, 0.5) is 10.5 Å². The molecule has 1 aliphatic heterocycles. The van der Waals surface area contributed by atoms with Gasteiger partial charge in [0.15, 0.2) is 0 Å². The van der Waals surface area contributed by atoms with E-state index in [1.165, 1.54) is 5.56 Å². The smallest absolute Gasteiger partial charge is 0.321 e. The first kappa shape index (κ1) is 23.8. The van der Waals surface area contributed by atoms with Gasteiger partial charge in [-0.2, -0.15) is 0 Å². The Morgan fingerprint density at radius 1 is 0.969 bits per heavy atom. The number of urea groups is 1. The number of likely N-dealkylation sites (tertiary alicyclic amines) is 1. The van der Waals surface area contributed by atoms with E-state index in [0.717, 1.165) is 23.4 Å². The molecule has 1 N–H and O–H groups in total. The van der Waals surface area contributed by atoms with Crippen molar-refractivity contribution < 1.29 is 9.59 Å². The summed E-state index contributed by atoms with van der Waals surface area (Å²) in [4.78, 5) is 32.0. The molecule has 1 aliphatic rings. The minimum absolute atomic E-state index is 0.0370. The topological polar surface area (TPSA) is 55.9 Å². The van der Waals surface area contributed by atoms with Gasteiger partial charge in [-0.3, -0.25) is 4.79 Å². The molecule has 0 radical (unpaired) electrons. The number of nitrogens with zero attached hydrogens (tertiary/aromatic N) is 3. The molecule has 0 atom stereocenters. The van der Waals surface area contributed by atoms with Gasteiger partial charge in [-0.05, 0) is 64.0 Å². The summed E-state index contributed by atoms with van der Waals surface area (Å²) in [6.45, 7) is 7.43. The molecule has 0 spiro atoms. The van der Waals surface area contributed by atoms with Crippen molar-refractivity contribution in [1.29, 1.82) is 0 Å². The fraction of sp³-hybridized carbons (Fsp3) is 0.462. The fourth-order valence-electron chi connectivity index (χ4n) is 4.13. The van der Waals surface area contributed by atoms with Gasteiger partial charge in [-0.1, -0.05) is 42.0 Å². The van der Waals surface area contributed by atoms with Crippen molar-refractivity contribution >= 4 is 17.6 Å². The molecule has 6 nitrogen and oxygen atoms in total. The van der Waals surface area contributed by atoms with Crippen LogP contribution in [0.15, 0.2) is 48.5 Å². The molecule has 1 heterocycles. The molecule has 0 unspecified atom stereocenters. The second-order valence-electron chi connectivity index (χ2n) is 9.11. The van der Waals surface area contributed by atoms with Gasteiger partial charge in [-0.25, -0.2) is 4.79 Å². The molecular weight excluding hydrogens is 400 g/mol. The maximum absolute atomic E-state index is 13.4. The Bertz CT molecular complexity index is 920. The molecule has 6 heteroatoms. The average Bonchev–Trinajstić information content (AvgIpc) is 2.76. The lowest BCUT2D eigenvalue weighted by Gasteiger charge is -2.34. The quantitative estimate of drug-likeness (QED) is 0.710. The number of piperidine rings is 1. The van der Waals surface area contributed by atoms with Crippen molar-refractivity contribution in [2.45, 2.75) is 33.2 Å². The monoisotopic (exact) mass is 436 g/mol. The number of hydrogen-bond donors (Lipinski definition) is 1. The third-order valence-electron chi connectivity index (χ3n) is 5.99. The Labute approximate surface area is 192 Å². The highest BCUT2D eigenvalue weighted by atomic mass is 16.2. The van der Waals surface area contributed by atoms with Crippen molar-refractivity contribution in [3.63, 3.8) is 0 Å². The molecule has 172 valence electrons. The van der Waals surface area contributed by atoms with Crippen molar-refractivity contribution in [2.75, 3.05) is 45.6 Å². The van der Waals surface area contributed by atoms with Crippen LogP contribution in [-0.2, 0) is 11.3 Å². The van der Waals surface area contributed by atoms with Crippen LogP contribution >= 0.6 is 0 Å². The number of benzene rings is 2. The van der Waals surface area contributed by atoms with E-state index in [-0.39, 0.29) is 17.9 Å². The largest absolute Gasteiger partial charge is 0.337 e. The van der Waals surface area contributed by atoms with Crippen LogP contribution in [0.1, 0.15) is 29.5 Å². The van der Waals surface area contributed by atoms with E-state index < -0.39 is 0 Å². The van der Waals surface area contributed by atoms with Gasteiger partial charge in [-0.15, -0.1) is 0 Å². The number of carbonyl (C=O) groups is 2. The Morgan fingerprint density at radius 3 is 2.25 bits per heavy atom. The molecule has 0 aromatic heterocycles. The van der Waals surface area contributed by atoms with Gasteiger partial charge >= 0.3 is 6.03 Å². The summed E-state index contributed by atoms with van der Waals surface area (Å²) in [5, 5.41) is 2.98. The molecule has 0 aliphatic carbocycles. The summed E-state index contributed by atoms with van der Waals surface area (Å²) < 4.78 is 0. The number of carbonyl (C=O) groups excluding carboxylic acids is 2. The van der Waals surface area contributed by atoms with Crippen LogP contribution in [0.3, 0.4) is 0 Å². The molecule has 3 rings (SSSR count). The van der Waals surface area contributed by atoms with Gasteiger partial charge in [0, 0.05) is 44.3 Å². The zero-order valence-electron chi connectivity index (χ0n) is 19.8. The Kier molecular flexibility index (Phi) is 8.28. The predicted molar refractivity (Wildman–Crippen MR) is 130 cm³/mol. The summed E-state index contributed by atoms with van der Waals surface area (Å²) in [5.74, 6) is 0.164. The van der Waals surface area contributed by atoms with E-state index in [9.17, 15) is 9.59 Å². The van der Waals surface area contributed by atoms with E-state index >= 15 is 0 Å². The lowest BCUT2D eigenvalue weighted by Crippen LogP contribution is -2.46. The van der Waals surface area contributed by atoms with Crippen molar-refractivity contribution in [3.8, 4) is 0 Å². The summed E-state index contributed by atoms with van der Waals surface area (Å²) in [7, 11) is 4.06. The lowest BCUT2D eigenvalue weighted by atomic mass is 9.95. The second-order valence-corrected chi connectivity index (χ2v) is 9.11. The highest BCUT2D eigenvalue weighted by molar-refractivity contribution is 5.89. The molecule has 0 bridgehead atoms. The van der Waals surface area contributed by atoms with E-state index in [2.05, 4.69) is 35.3 Å². The highest BCUT2D eigenvalue weighted by Crippen LogP contribution is 2.22. The van der Waals surface area contributed by atoms with Crippen molar-refractivity contribution in [2.24, 2.45) is 5.92 Å². The van der Waals surface area contributed by atoms with Gasteiger partial charge in [0.1, 0.15) is 0 Å². The highest BCUT2D eigenvalue weighted by Gasteiger charge is 2.30. The van der Waals surface area contributed by atoms with E-state index in [1.54, 1.807) is 0 Å². The van der Waals surface area contributed by atoms with Gasteiger partial charge in [0.25, 0.3) is 0 Å². The molecule has 32 heavy (non-hydrogen) atoms. The summed E-state index contributed by atoms with van der Waals surface area (Å²) in [6.07, 6.45) is 1.40. The van der Waals surface area contributed by atoms with Crippen LogP contribution in [0.5, 0.6) is 0 Å². The number of anilines is 1. The number of rotatable bonds is 7. The first-order chi connectivity index (χ1) is 15.3. The third kappa shape index (κ3) is 6.82. The molecular formula is C26H36N4O2. The van der Waals surface area contributed by atoms with Crippen LogP contribution in [0, 0.1) is 19.8 Å². The Hall–Kier alpha value is -2.86. The van der Waals surface area contributed by atoms with Crippen LogP contribution in [0.25, 0.3) is 0 Å². The number of aryl methyl sites for hydroxylation is 2. The fourth-order valence-corrected chi connectivity index (χ4v) is 4.13.